The third kappa shape index (κ3) is 3.48. The molecule has 29 heavy (non-hydrogen) atoms. The van der Waals surface area contributed by atoms with Crippen molar-refractivity contribution in [3.63, 3.8) is 0 Å². The van der Waals surface area contributed by atoms with Crippen molar-refractivity contribution in [1.29, 1.82) is 0 Å². The molecule has 2 heterocycles. The molecule has 0 spiro atoms. The van der Waals surface area contributed by atoms with Gasteiger partial charge in [-0.1, -0.05) is 32.9 Å². The highest BCUT2D eigenvalue weighted by atomic mass is 32.2. The van der Waals surface area contributed by atoms with Gasteiger partial charge in [0.2, 0.25) is 0 Å². The molecule has 4 rings (SSSR count). The van der Waals surface area contributed by atoms with Crippen LogP contribution in [-0.2, 0) is 27.6 Å². The molecule has 0 saturated carbocycles. The molecule has 1 aromatic heterocycles. The molecule has 0 saturated heterocycles. The van der Waals surface area contributed by atoms with Crippen molar-refractivity contribution in [1.82, 2.24) is 0 Å². The lowest BCUT2D eigenvalue weighted by atomic mass is 9.72. The standard InChI is InChI=1S/C21H24N2O4S2/c1-21(2,3)12-9-10-13-15(11-12)28-19(17(13)20(24)27-4)22-18-14-7-5-6-8-16(14)29(25,26)23-18/h5-8,12H,9-11H2,1-4H3,(H,22,23)/t12-/m1/s1. The largest absolute Gasteiger partial charge is 0.465 e. The van der Waals surface area contributed by atoms with E-state index in [-0.39, 0.29) is 16.1 Å². The summed E-state index contributed by atoms with van der Waals surface area (Å²) in [4.78, 5) is 13.9. The number of carbonyl (C=O) groups is 1. The SMILES string of the molecule is COC(=O)c1c(NC2=NS(=O)(=O)c3ccccc32)sc2c1CC[C@@H](C(C)(C)C)C2. The van der Waals surface area contributed by atoms with Crippen molar-refractivity contribution in [2.75, 3.05) is 12.4 Å². The predicted octanol–water partition coefficient (Wildman–Crippen LogP) is 4.25. The van der Waals surface area contributed by atoms with E-state index < -0.39 is 16.0 Å². The summed E-state index contributed by atoms with van der Waals surface area (Å²) in [6.45, 7) is 6.73. The summed E-state index contributed by atoms with van der Waals surface area (Å²) in [6, 6.07) is 6.70. The van der Waals surface area contributed by atoms with Gasteiger partial charge in [0, 0.05) is 10.4 Å². The van der Waals surface area contributed by atoms with Crippen LogP contribution in [0, 0.1) is 11.3 Å². The Morgan fingerprint density at radius 2 is 2.00 bits per heavy atom. The van der Waals surface area contributed by atoms with Crippen LogP contribution in [0.25, 0.3) is 0 Å². The number of thiophene rings is 1. The fraction of sp³-hybridized carbons (Fsp3) is 0.429. The molecule has 2 aromatic rings. The van der Waals surface area contributed by atoms with Crippen molar-refractivity contribution >= 4 is 38.2 Å². The highest BCUT2D eigenvalue weighted by Gasteiger charge is 2.35. The lowest BCUT2D eigenvalue weighted by Gasteiger charge is -2.33. The van der Waals surface area contributed by atoms with Crippen molar-refractivity contribution < 1.29 is 17.9 Å². The number of esters is 1. The molecule has 154 valence electrons. The van der Waals surface area contributed by atoms with Gasteiger partial charge < -0.3 is 10.1 Å². The number of fused-ring (bicyclic) bond motifs is 2. The minimum absolute atomic E-state index is 0.177. The van der Waals surface area contributed by atoms with Crippen molar-refractivity contribution in [3.8, 4) is 0 Å². The van der Waals surface area contributed by atoms with Gasteiger partial charge in [0.05, 0.1) is 12.7 Å². The summed E-state index contributed by atoms with van der Waals surface area (Å²) in [5, 5.41) is 3.73. The Morgan fingerprint density at radius 3 is 2.69 bits per heavy atom. The van der Waals surface area contributed by atoms with Crippen LogP contribution in [0.4, 0.5) is 5.00 Å². The number of rotatable bonds is 2. The normalized spacial score (nSPS) is 19.9. The molecule has 0 amide bonds. The lowest BCUT2D eigenvalue weighted by molar-refractivity contribution is 0.0600. The molecule has 0 bridgehead atoms. The number of ether oxygens (including phenoxy) is 1. The molecule has 6 nitrogen and oxygen atoms in total. The fourth-order valence-electron chi connectivity index (χ4n) is 4.03. The second-order valence-electron chi connectivity index (χ2n) is 8.54. The fourth-order valence-corrected chi connectivity index (χ4v) is 6.53. The quantitative estimate of drug-likeness (QED) is 0.717. The van der Waals surface area contributed by atoms with Crippen molar-refractivity contribution in [3.05, 3.63) is 45.8 Å². The van der Waals surface area contributed by atoms with Crippen molar-refractivity contribution in [2.24, 2.45) is 15.7 Å². The molecule has 0 fully saturated rings. The average Bonchev–Trinajstić information content (AvgIpc) is 3.15. The number of nitrogens with zero attached hydrogens (tertiary/aromatic N) is 1. The zero-order chi connectivity index (χ0) is 21.0. The van der Waals surface area contributed by atoms with E-state index in [1.54, 1.807) is 18.2 Å². The summed E-state index contributed by atoms with van der Waals surface area (Å²) in [5.74, 6) is 0.364. The van der Waals surface area contributed by atoms with Gasteiger partial charge >= 0.3 is 5.97 Å². The molecule has 1 N–H and O–H groups in total. The molecule has 8 heteroatoms. The Morgan fingerprint density at radius 1 is 1.28 bits per heavy atom. The van der Waals surface area contributed by atoms with E-state index in [1.807, 2.05) is 0 Å². The number of anilines is 1. The number of amidine groups is 1. The molecular weight excluding hydrogens is 408 g/mol. The highest BCUT2D eigenvalue weighted by molar-refractivity contribution is 7.90. The minimum atomic E-state index is -3.73. The van der Waals surface area contributed by atoms with E-state index in [4.69, 9.17) is 4.74 Å². The Labute approximate surface area is 175 Å². The van der Waals surface area contributed by atoms with Gasteiger partial charge in [-0.2, -0.15) is 8.42 Å². The lowest BCUT2D eigenvalue weighted by Crippen LogP contribution is -2.26. The molecule has 1 atom stereocenters. The minimum Gasteiger partial charge on any atom is -0.465 e. The summed E-state index contributed by atoms with van der Waals surface area (Å²) >= 11 is 1.50. The van der Waals surface area contributed by atoms with Gasteiger partial charge in [0.25, 0.3) is 10.0 Å². The van der Waals surface area contributed by atoms with Crippen LogP contribution in [0.1, 0.15) is 53.6 Å². The monoisotopic (exact) mass is 432 g/mol. The third-order valence-electron chi connectivity index (χ3n) is 5.74. The van der Waals surface area contributed by atoms with Crippen molar-refractivity contribution in [2.45, 2.75) is 44.9 Å². The van der Waals surface area contributed by atoms with Gasteiger partial charge in [0.1, 0.15) is 9.90 Å². The number of benzene rings is 1. The topological polar surface area (TPSA) is 84.8 Å². The molecule has 1 aliphatic heterocycles. The van der Waals surface area contributed by atoms with Gasteiger partial charge in [-0.15, -0.1) is 15.7 Å². The van der Waals surface area contributed by atoms with Gasteiger partial charge in [-0.3, -0.25) is 0 Å². The molecule has 0 radical (unpaired) electrons. The van der Waals surface area contributed by atoms with E-state index in [9.17, 15) is 13.2 Å². The van der Waals surface area contributed by atoms with E-state index in [0.717, 1.165) is 29.7 Å². The average molecular weight is 433 g/mol. The Balaban J connectivity index is 1.76. The molecule has 1 aromatic carbocycles. The summed E-state index contributed by atoms with van der Waals surface area (Å²) in [6.07, 6.45) is 2.71. The number of hydrogen-bond acceptors (Lipinski definition) is 6. The van der Waals surface area contributed by atoms with E-state index in [1.165, 1.54) is 24.5 Å². The van der Waals surface area contributed by atoms with Crippen LogP contribution < -0.4 is 5.32 Å². The second kappa shape index (κ2) is 6.95. The number of nitrogens with one attached hydrogen (secondary N) is 1. The summed E-state index contributed by atoms with van der Waals surface area (Å²) in [7, 11) is -2.36. The molecule has 1 aliphatic carbocycles. The maximum absolute atomic E-state index is 12.6. The first kappa shape index (κ1) is 20.1. The smallest absolute Gasteiger partial charge is 0.341 e. The van der Waals surface area contributed by atoms with Gasteiger partial charge in [-0.05, 0) is 48.3 Å². The van der Waals surface area contributed by atoms with Crippen LogP contribution in [0.3, 0.4) is 0 Å². The van der Waals surface area contributed by atoms with E-state index in [0.29, 0.717) is 22.0 Å². The third-order valence-corrected chi connectivity index (χ3v) is 8.25. The Hall–Kier alpha value is -2.19. The Kier molecular flexibility index (Phi) is 4.82. The zero-order valence-corrected chi connectivity index (χ0v) is 18.5. The Bertz CT molecular complexity index is 1120. The van der Waals surface area contributed by atoms with Crippen LogP contribution in [-0.4, -0.2) is 27.3 Å². The second-order valence-corrected chi connectivity index (χ2v) is 11.2. The number of methoxy groups -OCH3 is 1. The number of carbonyl (C=O) groups excluding carboxylic acids is 1. The first-order valence-electron chi connectivity index (χ1n) is 9.56. The van der Waals surface area contributed by atoms with E-state index in [2.05, 4.69) is 30.5 Å². The molecular formula is C21H24N2O4S2. The molecule has 2 aliphatic rings. The highest BCUT2D eigenvalue weighted by Crippen LogP contribution is 2.45. The first-order valence-corrected chi connectivity index (χ1v) is 11.8. The van der Waals surface area contributed by atoms with Gasteiger partial charge in [0.15, 0.2) is 5.84 Å². The van der Waals surface area contributed by atoms with Gasteiger partial charge in [-0.25, -0.2) is 4.79 Å². The predicted molar refractivity (Wildman–Crippen MR) is 114 cm³/mol. The van der Waals surface area contributed by atoms with E-state index >= 15 is 0 Å². The summed E-state index contributed by atoms with van der Waals surface area (Å²) in [5.41, 5.74) is 2.22. The summed E-state index contributed by atoms with van der Waals surface area (Å²) < 4.78 is 33.7. The number of sulfonamides is 1. The maximum atomic E-state index is 12.6. The van der Waals surface area contributed by atoms with Crippen LogP contribution in [0.5, 0.6) is 0 Å². The first-order chi connectivity index (χ1) is 13.6. The van der Waals surface area contributed by atoms with Crippen LogP contribution in [0.15, 0.2) is 33.6 Å². The molecule has 0 unspecified atom stereocenters. The van der Waals surface area contributed by atoms with Crippen LogP contribution in [0.2, 0.25) is 0 Å². The maximum Gasteiger partial charge on any atom is 0.341 e. The number of hydrogen-bond donors (Lipinski definition) is 1. The zero-order valence-electron chi connectivity index (χ0n) is 16.9. The van der Waals surface area contributed by atoms with Crippen LogP contribution >= 0.6 is 11.3 Å².